The van der Waals surface area contributed by atoms with Gasteiger partial charge >= 0.3 is 0 Å². The molecule has 2 aromatic rings. The Morgan fingerprint density at radius 3 is 2.81 bits per heavy atom. The van der Waals surface area contributed by atoms with Gasteiger partial charge in [-0.2, -0.15) is 4.98 Å². The zero-order chi connectivity index (χ0) is 14.8. The van der Waals surface area contributed by atoms with Crippen molar-refractivity contribution in [3.8, 4) is 11.5 Å². The normalized spacial score (nSPS) is 17.0. The number of amides is 1. The molecule has 0 saturated heterocycles. The highest BCUT2D eigenvalue weighted by molar-refractivity contribution is 5.73. The summed E-state index contributed by atoms with van der Waals surface area (Å²) in [6, 6.07) is -0.224. The molecule has 3 rings (SSSR count). The van der Waals surface area contributed by atoms with Crippen LogP contribution in [0.3, 0.4) is 0 Å². The van der Waals surface area contributed by atoms with Gasteiger partial charge in [0.25, 0.3) is 0 Å². The highest BCUT2D eigenvalue weighted by Crippen LogP contribution is 2.35. The molecule has 0 aromatic carbocycles. The van der Waals surface area contributed by atoms with Crippen molar-refractivity contribution in [3.05, 3.63) is 18.0 Å². The molecule has 0 spiro atoms. The van der Waals surface area contributed by atoms with Crippen LogP contribution in [0, 0.1) is 12.8 Å². The smallest absolute Gasteiger partial charge is 0.249 e. The van der Waals surface area contributed by atoms with Crippen LogP contribution >= 0.6 is 0 Å². The first kappa shape index (κ1) is 13.8. The summed E-state index contributed by atoms with van der Waals surface area (Å²) < 4.78 is 10.5. The average molecular weight is 290 g/mol. The van der Waals surface area contributed by atoms with Crippen LogP contribution in [0.25, 0.3) is 11.5 Å². The highest BCUT2D eigenvalue weighted by atomic mass is 16.5. The van der Waals surface area contributed by atoms with E-state index in [-0.39, 0.29) is 11.9 Å². The first-order chi connectivity index (χ1) is 10.1. The van der Waals surface area contributed by atoms with Crippen molar-refractivity contribution in [2.24, 2.45) is 5.92 Å². The van der Waals surface area contributed by atoms with Crippen molar-refractivity contribution < 1.29 is 13.7 Å². The quantitative estimate of drug-likeness (QED) is 0.929. The molecule has 1 unspecified atom stereocenters. The van der Waals surface area contributed by atoms with Crippen LogP contribution in [0.4, 0.5) is 0 Å². The lowest BCUT2D eigenvalue weighted by molar-refractivity contribution is -0.120. The van der Waals surface area contributed by atoms with E-state index in [0.29, 0.717) is 29.1 Å². The zero-order valence-corrected chi connectivity index (χ0v) is 12.1. The number of carbonyl (C=O) groups excluding carboxylic acids is 1. The molecule has 0 aliphatic heterocycles. The molecule has 1 aliphatic carbocycles. The molecular weight excluding hydrogens is 272 g/mol. The lowest BCUT2D eigenvalue weighted by Gasteiger charge is -2.20. The third-order valence-electron chi connectivity index (χ3n) is 3.89. The largest absolute Gasteiger partial charge is 0.448 e. The van der Waals surface area contributed by atoms with E-state index in [4.69, 9.17) is 8.94 Å². The Hall–Kier alpha value is -2.18. The van der Waals surface area contributed by atoms with E-state index in [0.717, 1.165) is 12.8 Å². The molecule has 7 heteroatoms. The molecule has 1 amide bonds. The van der Waals surface area contributed by atoms with Gasteiger partial charge in [0.2, 0.25) is 17.6 Å². The molecule has 1 fully saturated rings. The van der Waals surface area contributed by atoms with Gasteiger partial charge in [0, 0.05) is 6.92 Å². The van der Waals surface area contributed by atoms with Crippen molar-refractivity contribution in [3.63, 3.8) is 0 Å². The molecule has 2 heterocycles. The summed E-state index contributed by atoms with van der Waals surface area (Å²) in [6.45, 7) is 3.29. The number of carbonyl (C=O) groups is 1. The van der Waals surface area contributed by atoms with E-state index < -0.39 is 0 Å². The van der Waals surface area contributed by atoms with Crippen molar-refractivity contribution in [2.45, 2.75) is 45.6 Å². The third-order valence-corrected chi connectivity index (χ3v) is 3.89. The lowest BCUT2D eigenvalue weighted by Crippen LogP contribution is -2.31. The minimum Gasteiger partial charge on any atom is -0.448 e. The number of nitrogens with one attached hydrogen (secondary N) is 1. The monoisotopic (exact) mass is 290 g/mol. The Morgan fingerprint density at radius 2 is 2.19 bits per heavy atom. The summed E-state index contributed by atoms with van der Waals surface area (Å²) in [5, 5.41) is 6.89. The number of aromatic nitrogens is 3. The summed E-state index contributed by atoms with van der Waals surface area (Å²) in [5.41, 5.74) is 0.568. The van der Waals surface area contributed by atoms with Crippen LogP contribution in [0.1, 0.15) is 50.3 Å². The van der Waals surface area contributed by atoms with Gasteiger partial charge < -0.3 is 14.3 Å². The fourth-order valence-corrected chi connectivity index (χ4v) is 2.87. The Labute approximate surface area is 122 Å². The molecule has 7 nitrogen and oxygen atoms in total. The molecule has 21 heavy (non-hydrogen) atoms. The summed E-state index contributed by atoms with van der Waals surface area (Å²) in [5.74, 6) is 1.73. The van der Waals surface area contributed by atoms with Crippen LogP contribution in [-0.2, 0) is 4.79 Å². The Bertz CT molecular complexity index is 628. The van der Waals surface area contributed by atoms with Crippen molar-refractivity contribution in [1.82, 2.24) is 20.4 Å². The summed E-state index contributed by atoms with van der Waals surface area (Å²) in [6.07, 6.45) is 5.81. The van der Waals surface area contributed by atoms with E-state index in [2.05, 4.69) is 20.4 Å². The SMILES string of the molecule is CC(=O)NC(c1nc(-c2ncoc2C)no1)C1CCCC1. The lowest BCUT2D eigenvalue weighted by atomic mass is 9.98. The number of rotatable bonds is 4. The van der Waals surface area contributed by atoms with Crippen LogP contribution in [-0.4, -0.2) is 21.0 Å². The summed E-state index contributed by atoms with van der Waals surface area (Å²) >= 11 is 0. The second-order valence-corrected chi connectivity index (χ2v) is 5.44. The van der Waals surface area contributed by atoms with Gasteiger partial charge in [-0.1, -0.05) is 18.0 Å². The summed E-state index contributed by atoms with van der Waals surface area (Å²) in [4.78, 5) is 19.9. The Morgan fingerprint density at radius 1 is 1.43 bits per heavy atom. The molecule has 1 saturated carbocycles. The van der Waals surface area contributed by atoms with Crippen LogP contribution in [0.2, 0.25) is 0 Å². The van der Waals surface area contributed by atoms with Gasteiger partial charge in [-0.15, -0.1) is 0 Å². The second kappa shape index (κ2) is 5.67. The minimum absolute atomic E-state index is 0.0933. The zero-order valence-electron chi connectivity index (χ0n) is 12.1. The van der Waals surface area contributed by atoms with Gasteiger partial charge in [-0.05, 0) is 25.7 Å². The minimum atomic E-state index is -0.224. The fraction of sp³-hybridized carbons (Fsp3) is 0.571. The van der Waals surface area contributed by atoms with Crippen molar-refractivity contribution >= 4 is 5.91 Å². The van der Waals surface area contributed by atoms with E-state index in [9.17, 15) is 4.79 Å². The van der Waals surface area contributed by atoms with Gasteiger partial charge in [0.1, 0.15) is 11.8 Å². The first-order valence-corrected chi connectivity index (χ1v) is 7.16. The molecule has 1 aliphatic rings. The molecular formula is C14H18N4O3. The number of aryl methyl sites for hydroxylation is 1. The van der Waals surface area contributed by atoms with Gasteiger partial charge in [0.05, 0.1) is 0 Å². The van der Waals surface area contributed by atoms with Gasteiger partial charge in [0.15, 0.2) is 12.1 Å². The molecule has 1 N–H and O–H groups in total. The number of nitrogens with zero attached hydrogens (tertiary/aromatic N) is 3. The van der Waals surface area contributed by atoms with E-state index in [1.165, 1.54) is 26.2 Å². The molecule has 0 radical (unpaired) electrons. The maximum absolute atomic E-state index is 11.4. The molecule has 0 bridgehead atoms. The maximum Gasteiger partial charge on any atom is 0.249 e. The molecule has 112 valence electrons. The second-order valence-electron chi connectivity index (χ2n) is 5.44. The van der Waals surface area contributed by atoms with Crippen LogP contribution < -0.4 is 5.32 Å². The van der Waals surface area contributed by atoms with Crippen molar-refractivity contribution in [1.29, 1.82) is 0 Å². The van der Waals surface area contributed by atoms with E-state index >= 15 is 0 Å². The fourth-order valence-electron chi connectivity index (χ4n) is 2.87. The van der Waals surface area contributed by atoms with Gasteiger partial charge in [-0.3, -0.25) is 4.79 Å². The number of hydrogen-bond acceptors (Lipinski definition) is 6. The first-order valence-electron chi connectivity index (χ1n) is 7.16. The molecule has 2 aromatic heterocycles. The number of hydrogen-bond donors (Lipinski definition) is 1. The van der Waals surface area contributed by atoms with Crippen LogP contribution in [0.15, 0.2) is 15.3 Å². The number of oxazole rings is 1. The highest BCUT2D eigenvalue weighted by Gasteiger charge is 2.31. The van der Waals surface area contributed by atoms with Gasteiger partial charge in [-0.25, -0.2) is 4.98 Å². The van der Waals surface area contributed by atoms with E-state index in [1.54, 1.807) is 6.92 Å². The average Bonchev–Trinajstić information content (AvgIpc) is 3.17. The maximum atomic E-state index is 11.4. The topological polar surface area (TPSA) is 94.1 Å². The predicted octanol–water partition coefficient (Wildman–Crippen LogP) is 2.40. The Balaban J connectivity index is 1.87. The molecule has 1 atom stereocenters. The predicted molar refractivity (Wildman–Crippen MR) is 73.0 cm³/mol. The third kappa shape index (κ3) is 2.81. The standard InChI is InChI=1S/C14H18N4O3/c1-8-11(15-7-20-8)13-17-14(21-18-13)12(16-9(2)19)10-5-3-4-6-10/h7,10,12H,3-6H2,1-2H3,(H,16,19). The Kier molecular flexibility index (Phi) is 3.72. The van der Waals surface area contributed by atoms with Crippen molar-refractivity contribution in [2.75, 3.05) is 0 Å². The summed E-state index contributed by atoms with van der Waals surface area (Å²) in [7, 11) is 0. The van der Waals surface area contributed by atoms with E-state index in [1.807, 2.05) is 0 Å². The van der Waals surface area contributed by atoms with Crippen LogP contribution in [0.5, 0.6) is 0 Å².